The molecule has 0 saturated carbocycles. The molecule has 1 aliphatic heterocycles. The van der Waals surface area contributed by atoms with Gasteiger partial charge in [0.05, 0.1) is 5.69 Å². The number of aromatic nitrogens is 4. The molecule has 4 heterocycles. The van der Waals surface area contributed by atoms with Gasteiger partial charge >= 0.3 is 0 Å². The molecule has 0 radical (unpaired) electrons. The molecule has 28 heavy (non-hydrogen) atoms. The minimum Gasteiger partial charge on any atom is -0.354 e. The lowest BCUT2D eigenvalue weighted by atomic mass is 10.3. The maximum atomic E-state index is 12.9. The Labute approximate surface area is 168 Å². The van der Waals surface area contributed by atoms with Gasteiger partial charge in [-0.25, -0.2) is 23.1 Å². The van der Waals surface area contributed by atoms with E-state index >= 15 is 0 Å². The zero-order valence-electron chi connectivity index (χ0n) is 15.8. The SMILES string of the molecule is CCc1ccc(S(=O)(=O)N2CCN(c3cc(-n4ccc(C)n4)ncn3)CC2)s1. The fourth-order valence-electron chi connectivity index (χ4n) is 3.15. The van der Waals surface area contributed by atoms with Crippen LogP contribution >= 0.6 is 11.3 Å². The first kappa shape index (κ1) is 19.0. The second kappa shape index (κ2) is 7.61. The van der Waals surface area contributed by atoms with Gasteiger partial charge in [0.2, 0.25) is 0 Å². The van der Waals surface area contributed by atoms with Crippen molar-refractivity contribution in [2.75, 3.05) is 31.1 Å². The van der Waals surface area contributed by atoms with Crippen LogP contribution in [0.15, 0.2) is 41.0 Å². The number of nitrogens with zero attached hydrogens (tertiary/aromatic N) is 6. The van der Waals surface area contributed by atoms with E-state index in [1.54, 1.807) is 15.1 Å². The summed E-state index contributed by atoms with van der Waals surface area (Å²) >= 11 is 1.36. The number of piperazine rings is 1. The standard InChI is InChI=1S/C18H22N6O2S2/c1-3-15-4-5-18(27-15)28(25,26)23-10-8-22(9-11-23)16-12-17(20-13-19-16)24-7-6-14(2)21-24/h4-7,12-13H,3,8-11H2,1-2H3. The molecule has 0 spiro atoms. The maximum Gasteiger partial charge on any atom is 0.252 e. The number of rotatable bonds is 5. The normalized spacial score (nSPS) is 15.9. The smallest absolute Gasteiger partial charge is 0.252 e. The Morgan fingerprint density at radius 3 is 2.46 bits per heavy atom. The van der Waals surface area contributed by atoms with Crippen molar-refractivity contribution in [2.24, 2.45) is 0 Å². The van der Waals surface area contributed by atoms with Crippen LogP contribution in [0.4, 0.5) is 5.82 Å². The van der Waals surface area contributed by atoms with E-state index in [-0.39, 0.29) is 0 Å². The summed E-state index contributed by atoms with van der Waals surface area (Å²) in [6.07, 6.45) is 4.22. The van der Waals surface area contributed by atoms with Gasteiger partial charge < -0.3 is 4.90 Å². The molecule has 8 nitrogen and oxygen atoms in total. The number of sulfonamides is 1. The Kier molecular flexibility index (Phi) is 5.17. The summed E-state index contributed by atoms with van der Waals surface area (Å²) in [5.74, 6) is 1.47. The van der Waals surface area contributed by atoms with Gasteiger partial charge in [0.1, 0.15) is 16.4 Å². The van der Waals surface area contributed by atoms with Crippen LogP contribution in [0.1, 0.15) is 17.5 Å². The first-order valence-corrected chi connectivity index (χ1v) is 11.4. The molecule has 0 atom stereocenters. The van der Waals surface area contributed by atoms with E-state index in [9.17, 15) is 8.42 Å². The first-order valence-electron chi connectivity index (χ1n) is 9.16. The second-order valence-electron chi connectivity index (χ2n) is 6.60. The van der Waals surface area contributed by atoms with Gasteiger partial charge in [-0.3, -0.25) is 0 Å². The molecule has 148 valence electrons. The Hall–Kier alpha value is -2.30. The second-order valence-corrected chi connectivity index (χ2v) is 9.93. The van der Waals surface area contributed by atoms with Gasteiger partial charge in [-0.2, -0.15) is 9.40 Å². The molecule has 10 heteroatoms. The summed E-state index contributed by atoms with van der Waals surface area (Å²) in [4.78, 5) is 11.8. The highest BCUT2D eigenvalue weighted by Gasteiger charge is 2.30. The molecule has 1 saturated heterocycles. The lowest BCUT2D eigenvalue weighted by molar-refractivity contribution is 0.384. The molecule has 1 aliphatic rings. The summed E-state index contributed by atoms with van der Waals surface area (Å²) in [5, 5.41) is 4.38. The van der Waals surface area contributed by atoms with E-state index in [0.29, 0.717) is 36.2 Å². The third-order valence-corrected chi connectivity index (χ3v) is 8.33. The quantitative estimate of drug-likeness (QED) is 0.631. The monoisotopic (exact) mass is 418 g/mol. The predicted molar refractivity (Wildman–Crippen MR) is 109 cm³/mol. The number of hydrogen-bond donors (Lipinski definition) is 0. The Balaban J connectivity index is 1.47. The van der Waals surface area contributed by atoms with Crippen molar-refractivity contribution in [2.45, 2.75) is 24.5 Å². The Bertz CT molecular complexity index is 1070. The van der Waals surface area contributed by atoms with Crippen LogP contribution in [0.25, 0.3) is 5.82 Å². The molecule has 0 unspecified atom stereocenters. The number of hydrogen-bond acceptors (Lipinski definition) is 7. The zero-order valence-corrected chi connectivity index (χ0v) is 17.4. The van der Waals surface area contributed by atoms with E-state index in [0.717, 1.165) is 22.8 Å². The Morgan fingerprint density at radius 2 is 1.82 bits per heavy atom. The highest BCUT2D eigenvalue weighted by molar-refractivity contribution is 7.91. The fraction of sp³-hybridized carbons (Fsp3) is 0.389. The van der Waals surface area contributed by atoms with E-state index in [1.807, 2.05) is 38.2 Å². The van der Waals surface area contributed by atoms with Crippen LogP contribution in [0, 0.1) is 6.92 Å². The zero-order chi connectivity index (χ0) is 19.7. The molecule has 0 aromatic carbocycles. The van der Waals surface area contributed by atoms with Crippen LogP contribution in [0.5, 0.6) is 0 Å². The van der Waals surface area contributed by atoms with Crippen molar-refractivity contribution in [3.8, 4) is 5.82 Å². The van der Waals surface area contributed by atoms with E-state index in [1.165, 1.54) is 17.7 Å². The average molecular weight is 419 g/mol. The summed E-state index contributed by atoms with van der Waals surface area (Å²) in [6, 6.07) is 7.41. The predicted octanol–water partition coefficient (Wildman–Crippen LogP) is 2.11. The van der Waals surface area contributed by atoms with E-state index < -0.39 is 10.0 Å². The summed E-state index contributed by atoms with van der Waals surface area (Å²) < 4.78 is 29.5. The average Bonchev–Trinajstić information content (AvgIpc) is 3.37. The molecule has 0 bridgehead atoms. The highest BCUT2D eigenvalue weighted by atomic mass is 32.2. The molecule has 4 rings (SSSR count). The van der Waals surface area contributed by atoms with Crippen molar-refractivity contribution in [1.82, 2.24) is 24.1 Å². The topological polar surface area (TPSA) is 84.2 Å². The van der Waals surface area contributed by atoms with Gasteiger partial charge in [-0.05, 0) is 31.5 Å². The molecule has 0 N–H and O–H groups in total. The number of aryl methyl sites for hydroxylation is 2. The van der Waals surface area contributed by atoms with Gasteiger partial charge in [0, 0.05) is 43.3 Å². The summed E-state index contributed by atoms with van der Waals surface area (Å²) in [5.41, 5.74) is 0.916. The molecular weight excluding hydrogens is 396 g/mol. The van der Waals surface area contributed by atoms with Gasteiger partial charge in [0.25, 0.3) is 10.0 Å². The van der Waals surface area contributed by atoms with Crippen molar-refractivity contribution >= 4 is 27.2 Å². The van der Waals surface area contributed by atoms with Crippen molar-refractivity contribution in [3.05, 3.63) is 47.4 Å². The van der Waals surface area contributed by atoms with Crippen molar-refractivity contribution < 1.29 is 8.42 Å². The summed E-state index contributed by atoms with van der Waals surface area (Å²) in [6.45, 7) is 5.99. The number of thiophene rings is 1. The number of anilines is 1. The van der Waals surface area contributed by atoms with Gasteiger partial charge in [0.15, 0.2) is 5.82 Å². The van der Waals surface area contributed by atoms with E-state index in [2.05, 4.69) is 20.0 Å². The van der Waals surface area contributed by atoms with E-state index in [4.69, 9.17) is 0 Å². The van der Waals surface area contributed by atoms with Crippen LogP contribution in [-0.2, 0) is 16.4 Å². The van der Waals surface area contributed by atoms with Gasteiger partial charge in [-0.1, -0.05) is 6.92 Å². The molecular formula is C18H22N6O2S2. The van der Waals surface area contributed by atoms with Crippen LogP contribution < -0.4 is 4.90 Å². The van der Waals surface area contributed by atoms with Crippen LogP contribution in [0.2, 0.25) is 0 Å². The van der Waals surface area contributed by atoms with Crippen molar-refractivity contribution in [3.63, 3.8) is 0 Å². The molecule has 0 aliphatic carbocycles. The third-order valence-electron chi connectivity index (χ3n) is 4.74. The lowest BCUT2D eigenvalue weighted by Crippen LogP contribution is -2.48. The first-order chi connectivity index (χ1) is 13.5. The highest BCUT2D eigenvalue weighted by Crippen LogP contribution is 2.26. The van der Waals surface area contributed by atoms with Crippen molar-refractivity contribution in [1.29, 1.82) is 0 Å². The minimum atomic E-state index is -3.43. The lowest BCUT2D eigenvalue weighted by Gasteiger charge is -2.34. The van der Waals surface area contributed by atoms with Crippen LogP contribution in [0.3, 0.4) is 0 Å². The van der Waals surface area contributed by atoms with Gasteiger partial charge in [-0.15, -0.1) is 11.3 Å². The maximum absolute atomic E-state index is 12.9. The Morgan fingerprint density at radius 1 is 1.07 bits per heavy atom. The molecule has 0 amide bonds. The third kappa shape index (κ3) is 3.67. The summed E-state index contributed by atoms with van der Waals surface area (Å²) in [7, 11) is -3.43. The molecule has 3 aromatic heterocycles. The largest absolute Gasteiger partial charge is 0.354 e. The molecule has 1 fully saturated rings. The molecule has 3 aromatic rings. The fourth-order valence-corrected chi connectivity index (χ4v) is 6.02. The van der Waals surface area contributed by atoms with Crippen LogP contribution in [-0.4, -0.2) is 58.7 Å². The minimum absolute atomic E-state index is 0.427.